The van der Waals surface area contributed by atoms with Crippen molar-refractivity contribution >= 4 is 39.4 Å². The largest absolute Gasteiger partial charge is 0.481 e. The first-order valence-corrected chi connectivity index (χ1v) is 13.9. The van der Waals surface area contributed by atoms with Gasteiger partial charge in [-0.25, -0.2) is 14.4 Å². The van der Waals surface area contributed by atoms with Gasteiger partial charge >= 0.3 is 5.97 Å². The zero-order chi connectivity index (χ0) is 27.5. The third kappa shape index (κ3) is 5.66. The van der Waals surface area contributed by atoms with E-state index in [1.54, 1.807) is 25.4 Å². The molecule has 4 aromatic rings. The van der Waals surface area contributed by atoms with E-state index in [0.29, 0.717) is 28.9 Å². The van der Waals surface area contributed by atoms with Crippen LogP contribution in [0.2, 0.25) is 0 Å². The van der Waals surface area contributed by atoms with Crippen molar-refractivity contribution in [2.24, 2.45) is 11.8 Å². The first-order chi connectivity index (χ1) is 18.9. The van der Waals surface area contributed by atoms with Gasteiger partial charge in [0.25, 0.3) is 0 Å². The van der Waals surface area contributed by atoms with Crippen molar-refractivity contribution in [2.75, 3.05) is 18.8 Å². The van der Waals surface area contributed by atoms with E-state index in [4.69, 9.17) is 9.72 Å². The second-order valence-corrected chi connectivity index (χ2v) is 10.9. The van der Waals surface area contributed by atoms with Crippen molar-refractivity contribution in [1.29, 1.82) is 0 Å². The zero-order valence-corrected chi connectivity index (χ0v) is 22.8. The van der Waals surface area contributed by atoms with Crippen molar-refractivity contribution < 1.29 is 23.8 Å². The first kappa shape index (κ1) is 26.8. The highest BCUT2D eigenvalue weighted by molar-refractivity contribution is 7.14. The molecule has 204 valence electrons. The second-order valence-electron chi connectivity index (χ2n) is 10.1. The average Bonchev–Trinajstić information content (AvgIpc) is 3.70. The lowest BCUT2D eigenvalue weighted by Gasteiger charge is -2.23. The number of carboxylic acids is 1. The Morgan fingerprint density at radius 2 is 2.03 bits per heavy atom. The Kier molecular flexibility index (Phi) is 7.92. The third-order valence-electron chi connectivity index (χ3n) is 7.61. The van der Waals surface area contributed by atoms with Crippen LogP contribution in [0.25, 0.3) is 33.4 Å². The van der Waals surface area contributed by atoms with E-state index in [-0.39, 0.29) is 12.3 Å². The van der Waals surface area contributed by atoms with Gasteiger partial charge in [-0.05, 0) is 54.7 Å². The number of carbonyl (C=O) groups is 2. The van der Waals surface area contributed by atoms with Gasteiger partial charge < -0.3 is 14.8 Å². The molecule has 0 radical (unpaired) electrons. The number of nitrogens with one attached hydrogen (secondary N) is 1. The number of halogens is 1. The number of aliphatic carboxylic acids is 1. The van der Waals surface area contributed by atoms with Crippen LogP contribution in [0.15, 0.2) is 42.0 Å². The number of thiazole rings is 1. The van der Waals surface area contributed by atoms with Gasteiger partial charge in [0, 0.05) is 47.3 Å². The van der Waals surface area contributed by atoms with E-state index in [1.807, 2.05) is 30.6 Å². The number of carboxylic acid groups (broad SMARTS) is 1. The molecule has 0 unspecified atom stereocenters. The maximum atomic E-state index is 13.4. The molecule has 10 heteroatoms. The molecule has 1 aromatic carbocycles. The minimum Gasteiger partial charge on any atom is -0.481 e. The van der Waals surface area contributed by atoms with Gasteiger partial charge in [0.2, 0.25) is 12.8 Å². The molecule has 2 N–H and O–H groups in total. The molecular formula is C29H31FN4O4S. The fraction of sp³-hybridized carbons (Fsp3) is 0.379. The number of hydrogen-bond acceptors (Lipinski definition) is 6. The van der Waals surface area contributed by atoms with Crippen molar-refractivity contribution in [2.45, 2.75) is 45.4 Å². The molecule has 0 bridgehead atoms. The Labute approximate surface area is 229 Å². The first-order valence-electron chi connectivity index (χ1n) is 13.1. The molecule has 3 aromatic heterocycles. The lowest BCUT2D eigenvalue weighted by Crippen LogP contribution is -2.35. The van der Waals surface area contributed by atoms with Gasteiger partial charge in [-0.3, -0.25) is 14.5 Å². The number of alkyl halides is 1. The van der Waals surface area contributed by atoms with Crippen LogP contribution in [0.1, 0.15) is 44.1 Å². The SMILES string of the molecule is Cc1c(-c2ccc(OCF)cc2-c2csc(N(C)C(=O)[C@@H](CC(=O)O)CC3CCCC3)n2)cnc2[nH]ccc12. The molecule has 1 saturated carbocycles. The molecule has 5 rings (SSSR count). The summed E-state index contributed by atoms with van der Waals surface area (Å²) in [6.07, 6.45) is 8.36. The monoisotopic (exact) mass is 550 g/mol. The van der Waals surface area contributed by atoms with Crippen LogP contribution in [0.4, 0.5) is 9.52 Å². The molecule has 1 aliphatic carbocycles. The lowest BCUT2D eigenvalue weighted by atomic mass is 9.90. The Bertz CT molecular complexity index is 1490. The second kappa shape index (κ2) is 11.5. The minimum atomic E-state index is -0.975. The molecule has 8 nitrogen and oxygen atoms in total. The van der Waals surface area contributed by atoms with E-state index in [0.717, 1.165) is 59.0 Å². The van der Waals surface area contributed by atoms with Crippen molar-refractivity contribution in [3.63, 3.8) is 0 Å². The van der Waals surface area contributed by atoms with E-state index in [1.165, 1.54) is 16.2 Å². The molecule has 0 saturated heterocycles. The third-order valence-corrected chi connectivity index (χ3v) is 8.52. The van der Waals surface area contributed by atoms with Crippen LogP contribution in [0, 0.1) is 18.8 Å². The summed E-state index contributed by atoms with van der Waals surface area (Å²) in [7, 11) is 1.64. The van der Waals surface area contributed by atoms with E-state index in [2.05, 4.69) is 9.97 Å². The Hall–Kier alpha value is -3.79. The number of aryl methyl sites for hydroxylation is 1. The van der Waals surface area contributed by atoms with E-state index >= 15 is 0 Å². The molecule has 39 heavy (non-hydrogen) atoms. The standard InChI is InChI=1S/C29H31FN4O4S/c1-17-21-9-10-31-27(21)32-14-24(17)22-8-7-20(38-16-30)13-23(22)25-15-39-29(33-25)34(2)28(37)19(12-26(35)36)11-18-5-3-4-6-18/h7-10,13-15,18-19H,3-6,11-12,16H2,1-2H3,(H,31,32)(H,35,36)/t19-/m1/s1. The zero-order valence-electron chi connectivity index (χ0n) is 21.9. The number of fused-ring (bicyclic) bond motifs is 1. The summed E-state index contributed by atoms with van der Waals surface area (Å²) in [4.78, 5) is 38.9. The number of pyridine rings is 1. The number of H-pyrrole nitrogens is 1. The van der Waals surface area contributed by atoms with E-state index in [9.17, 15) is 19.1 Å². The maximum Gasteiger partial charge on any atom is 0.304 e. The summed E-state index contributed by atoms with van der Waals surface area (Å²) in [6, 6.07) is 7.29. The predicted molar refractivity (Wildman–Crippen MR) is 150 cm³/mol. The highest BCUT2D eigenvalue weighted by Crippen LogP contribution is 2.40. The van der Waals surface area contributed by atoms with Crippen molar-refractivity contribution in [3.8, 4) is 28.1 Å². The van der Waals surface area contributed by atoms with Crippen LogP contribution >= 0.6 is 11.3 Å². The normalized spacial score (nSPS) is 14.5. The fourth-order valence-electron chi connectivity index (χ4n) is 5.58. The Morgan fingerprint density at radius 1 is 1.23 bits per heavy atom. The van der Waals surface area contributed by atoms with Crippen LogP contribution in [-0.4, -0.2) is 45.8 Å². The molecule has 1 fully saturated rings. The van der Waals surface area contributed by atoms with Gasteiger partial charge in [-0.2, -0.15) is 0 Å². The number of amides is 1. The predicted octanol–water partition coefficient (Wildman–Crippen LogP) is 6.60. The molecule has 1 amide bonds. The highest BCUT2D eigenvalue weighted by atomic mass is 32.1. The van der Waals surface area contributed by atoms with Crippen molar-refractivity contribution in [3.05, 3.63) is 47.6 Å². The maximum absolute atomic E-state index is 13.4. The summed E-state index contributed by atoms with van der Waals surface area (Å²) in [6.45, 7) is 1.06. The highest BCUT2D eigenvalue weighted by Gasteiger charge is 2.31. The summed E-state index contributed by atoms with van der Waals surface area (Å²) >= 11 is 1.30. The summed E-state index contributed by atoms with van der Waals surface area (Å²) < 4.78 is 18.2. The fourth-order valence-corrected chi connectivity index (χ4v) is 6.37. The number of nitrogens with zero attached hydrogens (tertiary/aromatic N) is 3. The number of benzene rings is 1. The quantitative estimate of drug-likeness (QED) is 0.230. The molecule has 0 aliphatic heterocycles. The summed E-state index contributed by atoms with van der Waals surface area (Å²) in [5.74, 6) is -1.06. The molecule has 1 atom stereocenters. The molecule has 3 heterocycles. The number of ether oxygens (including phenoxy) is 1. The minimum absolute atomic E-state index is 0.196. The smallest absolute Gasteiger partial charge is 0.304 e. The van der Waals surface area contributed by atoms with Gasteiger partial charge in [0.05, 0.1) is 12.1 Å². The molecular weight excluding hydrogens is 519 g/mol. The lowest BCUT2D eigenvalue weighted by molar-refractivity contribution is -0.140. The van der Waals surface area contributed by atoms with Crippen LogP contribution in [-0.2, 0) is 9.59 Å². The van der Waals surface area contributed by atoms with Crippen molar-refractivity contribution in [1.82, 2.24) is 15.0 Å². The average molecular weight is 551 g/mol. The molecule has 0 spiro atoms. The van der Waals surface area contributed by atoms with Gasteiger partial charge in [-0.1, -0.05) is 25.7 Å². The number of aromatic nitrogens is 3. The number of anilines is 1. The number of hydrogen-bond donors (Lipinski definition) is 2. The van der Waals surface area contributed by atoms with Gasteiger partial charge in [-0.15, -0.1) is 11.3 Å². The molecule has 1 aliphatic rings. The topological polar surface area (TPSA) is 108 Å². The Morgan fingerprint density at radius 3 is 2.77 bits per heavy atom. The number of carbonyl (C=O) groups excluding carboxylic acids is 1. The van der Waals surface area contributed by atoms with Crippen LogP contribution in [0.5, 0.6) is 5.75 Å². The van der Waals surface area contributed by atoms with Crippen LogP contribution in [0.3, 0.4) is 0 Å². The number of aromatic amines is 1. The summed E-state index contributed by atoms with van der Waals surface area (Å²) in [5, 5.41) is 12.8. The van der Waals surface area contributed by atoms with Gasteiger partial charge in [0.1, 0.15) is 11.4 Å². The summed E-state index contributed by atoms with van der Waals surface area (Å²) in [5.41, 5.74) is 4.91. The van der Waals surface area contributed by atoms with E-state index < -0.39 is 18.7 Å². The van der Waals surface area contributed by atoms with Crippen LogP contribution < -0.4 is 9.64 Å². The Balaban J connectivity index is 1.48. The number of rotatable bonds is 10. The van der Waals surface area contributed by atoms with Gasteiger partial charge in [0.15, 0.2) is 5.13 Å².